The van der Waals surface area contributed by atoms with Crippen LogP contribution in [0.4, 0.5) is 0 Å². The van der Waals surface area contributed by atoms with Crippen LogP contribution in [-0.2, 0) is 9.53 Å². The molecule has 1 saturated heterocycles. The second kappa shape index (κ2) is 5.24. The van der Waals surface area contributed by atoms with E-state index in [0.29, 0.717) is 18.6 Å². The Morgan fingerprint density at radius 1 is 1.14 bits per heavy atom. The van der Waals surface area contributed by atoms with Crippen molar-refractivity contribution in [2.45, 2.75) is 51.0 Å². The Kier molecular flexibility index (Phi) is 3.49. The molecule has 1 aliphatic heterocycles. The average Bonchev–Trinajstić information content (AvgIpc) is 2.44. The number of carbonyl (C=O) groups is 1. The van der Waals surface area contributed by atoms with Crippen molar-refractivity contribution in [2.24, 2.45) is 23.2 Å². The van der Waals surface area contributed by atoms with E-state index in [0.717, 1.165) is 30.8 Å². The van der Waals surface area contributed by atoms with Crippen molar-refractivity contribution in [3.8, 4) is 0 Å². The highest BCUT2D eigenvalue weighted by molar-refractivity contribution is 5.72. The van der Waals surface area contributed by atoms with Crippen molar-refractivity contribution in [1.82, 2.24) is 4.90 Å². The molecule has 0 aromatic carbocycles. The summed E-state index contributed by atoms with van der Waals surface area (Å²) >= 11 is 0. The lowest BCUT2D eigenvalue weighted by atomic mass is 9.49. The molecule has 5 rings (SSSR count). The van der Waals surface area contributed by atoms with Gasteiger partial charge in [0.1, 0.15) is 0 Å². The molecule has 4 aliphatic carbocycles. The van der Waals surface area contributed by atoms with Gasteiger partial charge < -0.3 is 9.84 Å². The molecule has 1 atom stereocenters. The summed E-state index contributed by atoms with van der Waals surface area (Å²) in [5.74, 6) is 2.21. The molecular weight excluding hydrogens is 266 g/mol. The number of aliphatic carboxylic acids is 1. The molecule has 0 spiro atoms. The molecule has 5 fully saturated rings. The van der Waals surface area contributed by atoms with Gasteiger partial charge in [-0.3, -0.25) is 4.90 Å². The van der Waals surface area contributed by atoms with E-state index in [1.807, 2.05) is 0 Å². The van der Waals surface area contributed by atoms with Crippen LogP contribution in [0, 0.1) is 23.2 Å². The van der Waals surface area contributed by atoms with Gasteiger partial charge >= 0.3 is 5.97 Å². The first-order valence-electron chi connectivity index (χ1n) is 8.69. The third-order valence-electron chi connectivity index (χ3n) is 6.55. The van der Waals surface area contributed by atoms with Crippen LogP contribution in [0.2, 0.25) is 0 Å². The number of ether oxygens (including phenoxy) is 1. The second-order valence-electron chi connectivity index (χ2n) is 8.17. The van der Waals surface area contributed by atoms with Crippen molar-refractivity contribution < 1.29 is 14.6 Å². The molecule has 4 heteroatoms. The number of morpholine rings is 1. The van der Waals surface area contributed by atoms with Gasteiger partial charge in [0.2, 0.25) is 0 Å². The Labute approximate surface area is 126 Å². The molecule has 4 bridgehead atoms. The molecular formula is C17H27NO3. The van der Waals surface area contributed by atoms with E-state index in [9.17, 15) is 4.79 Å². The summed E-state index contributed by atoms with van der Waals surface area (Å²) in [5.41, 5.74) is 0.603. The molecule has 4 saturated carbocycles. The predicted molar refractivity (Wildman–Crippen MR) is 79.0 cm³/mol. The maximum atomic E-state index is 11.1. The zero-order valence-electron chi connectivity index (χ0n) is 12.8. The largest absolute Gasteiger partial charge is 0.479 e. The fourth-order valence-corrected chi connectivity index (χ4v) is 6.05. The smallest absolute Gasteiger partial charge is 0.334 e. The van der Waals surface area contributed by atoms with E-state index in [4.69, 9.17) is 9.84 Å². The lowest BCUT2D eigenvalue weighted by Crippen LogP contribution is -2.50. The van der Waals surface area contributed by atoms with Crippen LogP contribution in [0.3, 0.4) is 0 Å². The van der Waals surface area contributed by atoms with Gasteiger partial charge in [-0.25, -0.2) is 4.79 Å². The topological polar surface area (TPSA) is 49.8 Å². The number of nitrogens with zero attached hydrogens (tertiary/aromatic N) is 1. The fourth-order valence-electron chi connectivity index (χ4n) is 6.05. The number of carboxylic acid groups (broad SMARTS) is 1. The molecule has 5 aliphatic rings. The van der Waals surface area contributed by atoms with Gasteiger partial charge in [-0.1, -0.05) is 0 Å². The third-order valence-corrected chi connectivity index (χ3v) is 6.55. The van der Waals surface area contributed by atoms with Gasteiger partial charge in [-0.2, -0.15) is 0 Å². The van der Waals surface area contributed by atoms with Crippen LogP contribution in [0.5, 0.6) is 0 Å². The number of hydrogen-bond donors (Lipinski definition) is 1. The van der Waals surface area contributed by atoms with Crippen LogP contribution >= 0.6 is 0 Å². The van der Waals surface area contributed by atoms with Crippen molar-refractivity contribution in [2.75, 3.05) is 26.2 Å². The summed E-state index contributed by atoms with van der Waals surface area (Å²) in [5, 5.41) is 9.10. The zero-order valence-corrected chi connectivity index (χ0v) is 12.8. The first-order chi connectivity index (χ1) is 10.1. The van der Waals surface area contributed by atoms with E-state index in [2.05, 4.69) is 4.90 Å². The molecule has 21 heavy (non-hydrogen) atoms. The summed E-state index contributed by atoms with van der Waals surface area (Å²) in [6.45, 7) is 3.11. The summed E-state index contributed by atoms with van der Waals surface area (Å²) in [7, 11) is 0. The monoisotopic (exact) mass is 293 g/mol. The number of hydrogen-bond acceptors (Lipinski definition) is 3. The maximum absolute atomic E-state index is 11.1. The van der Waals surface area contributed by atoms with Crippen LogP contribution in [0.1, 0.15) is 44.9 Å². The van der Waals surface area contributed by atoms with E-state index in [-0.39, 0.29) is 0 Å². The van der Waals surface area contributed by atoms with E-state index < -0.39 is 12.1 Å². The molecule has 0 radical (unpaired) electrons. The maximum Gasteiger partial charge on any atom is 0.334 e. The van der Waals surface area contributed by atoms with Crippen LogP contribution < -0.4 is 0 Å². The van der Waals surface area contributed by atoms with Gasteiger partial charge in [0.25, 0.3) is 0 Å². The molecule has 4 nitrogen and oxygen atoms in total. The minimum absolute atomic E-state index is 0.567. The number of carboxylic acids is 1. The molecule has 0 aromatic heterocycles. The van der Waals surface area contributed by atoms with Gasteiger partial charge in [0, 0.05) is 13.1 Å². The van der Waals surface area contributed by atoms with Crippen molar-refractivity contribution in [3.63, 3.8) is 0 Å². The standard InChI is InChI=1S/C17H27NO3/c19-16(20)15-11-18(3-4-21-15)2-1-17-8-12-5-13(9-17)7-14(6-12)10-17/h12-15H,1-11H2,(H,19,20). The Morgan fingerprint density at radius 2 is 1.76 bits per heavy atom. The van der Waals surface area contributed by atoms with Crippen molar-refractivity contribution >= 4 is 5.97 Å². The Bertz CT molecular complexity index is 387. The van der Waals surface area contributed by atoms with Gasteiger partial charge in [-0.05, 0) is 74.7 Å². The zero-order chi connectivity index (χ0) is 14.4. The van der Waals surface area contributed by atoms with Gasteiger partial charge in [0.15, 0.2) is 6.10 Å². The van der Waals surface area contributed by atoms with Gasteiger partial charge in [0.05, 0.1) is 6.61 Å². The first kappa shape index (κ1) is 14.0. The van der Waals surface area contributed by atoms with Crippen LogP contribution in [-0.4, -0.2) is 48.3 Å². The van der Waals surface area contributed by atoms with Crippen LogP contribution in [0.15, 0.2) is 0 Å². The molecule has 0 amide bonds. The summed E-state index contributed by atoms with van der Waals surface area (Å²) < 4.78 is 5.32. The van der Waals surface area contributed by atoms with Crippen molar-refractivity contribution in [1.29, 1.82) is 0 Å². The predicted octanol–water partition coefficient (Wildman–Crippen LogP) is 2.38. The quantitative estimate of drug-likeness (QED) is 0.864. The first-order valence-corrected chi connectivity index (χ1v) is 8.69. The van der Waals surface area contributed by atoms with Crippen LogP contribution in [0.25, 0.3) is 0 Å². The molecule has 118 valence electrons. The van der Waals surface area contributed by atoms with Crippen molar-refractivity contribution in [3.05, 3.63) is 0 Å². The second-order valence-corrected chi connectivity index (χ2v) is 8.17. The molecule has 1 N–H and O–H groups in total. The van der Waals surface area contributed by atoms with Gasteiger partial charge in [-0.15, -0.1) is 0 Å². The summed E-state index contributed by atoms with van der Waals surface area (Å²) in [4.78, 5) is 13.4. The highest BCUT2D eigenvalue weighted by atomic mass is 16.5. The summed E-state index contributed by atoms with van der Waals surface area (Å²) in [6.07, 6.45) is 9.51. The number of rotatable bonds is 4. The summed E-state index contributed by atoms with van der Waals surface area (Å²) in [6, 6.07) is 0. The lowest BCUT2D eigenvalue weighted by molar-refractivity contribution is -0.156. The fraction of sp³-hybridized carbons (Fsp3) is 0.941. The Morgan fingerprint density at radius 3 is 2.33 bits per heavy atom. The molecule has 0 aromatic rings. The average molecular weight is 293 g/mol. The minimum Gasteiger partial charge on any atom is -0.479 e. The van der Waals surface area contributed by atoms with E-state index >= 15 is 0 Å². The minimum atomic E-state index is -0.811. The highest BCUT2D eigenvalue weighted by Crippen LogP contribution is 2.61. The SMILES string of the molecule is O=C(O)C1CN(CCC23CC4CC(CC(C4)C2)C3)CCO1. The Balaban J connectivity index is 1.35. The molecule has 1 heterocycles. The lowest BCUT2D eigenvalue weighted by Gasteiger charge is -2.57. The van der Waals surface area contributed by atoms with E-state index in [1.54, 1.807) is 0 Å². The Hall–Kier alpha value is -0.610. The normalized spacial score (nSPS) is 45.9. The highest BCUT2D eigenvalue weighted by Gasteiger charge is 2.50. The van der Waals surface area contributed by atoms with E-state index in [1.165, 1.54) is 44.9 Å². The molecule has 1 unspecified atom stereocenters. The third kappa shape index (κ3) is 2.72.